The lowest BCUT2D eigenvalue weighted by Gasteiger charge is -2.09. The van der Waals surface area contributed by atoms with Crippen molar-refractivity contribution in [3.05, 3.63) is 33.3 Å². The summed E-state index contributed by atoms with van der Waals surface area (Å²) >= 11 is 3.35. The van der Waals surface area contributed by atoms with Crippen LogP contribution in [0.15, 0.2) is 16.6 Å². The van der Waals surface area contributed by atoms with E-state index in [-0.39, 0.29) is 12.4 Å². The second-order valence-corrected chi connectivity index (χ2v) is 3.97. The van der Waals surface area contributed by atoms with Gasteiger partial charge in [-0.3, -0.25) is 9.59 Å². The number of methoxy groups -OCH3 is 1. The van der Waals surface area contributed by atoms with Gasteiger partial charge >= 0.3 is 5.97 Å². The fourth-order valence-corrected chi connectivity index (χ4v) is 1.68. The molecule has 0 aliphatic carbocycles. The predicted octanol–water partition coefficient (Wildman–Crippen LogP) is 2.29. The highest BCUT2D eigenvalue weighted by Gasteiger charge is 2.12. The lowest BCUT2D eigenvalue weighted by atomic mass is 10.00. The molecule has 0 atom stereocenters. The molecule has 80 valence electrons. The molecule has 0 saturated heterocycles. The first-order chi connectivity index (χ1) is 7.10. The molecule has 1 rings (SSSR count). The van der Waals surface area contributed by atoms with Gasteiger partial charge in [0.1, 0.15) is 6.29 Å². The van der Waals surface area contributed by atoms with Crippen LogP contribution in [0.5, 0.6) is 0 Å². The fraction of sp³-hybridized carbons (Fsp3) is 0.273. The van der Waals surface area contributed by atoms with Crippen LogP contribution in [0.3, 0.4) is 0 Å². The molecule has 0 N–H and O–H groups in total. The Kier molecular flexibility index (Phi) is 4.03. The van der Waals surface area contributed by atoms with Gasteiger partial charge in [-0.2, -0.15) is 0 Å². The fourth-order valence-electron chi connectivity index (χ4n) is 1.31. The maximum atomic E-state index is 11.2. The number of carbonyl (C=O) groups excluding carboxylic acids is 2. The summed E-state index contributed by atoms with van der Waals surface area (Å²) in [6.45, 7) is 1.86. The molecule has 0 saturated carbocycles. The Hall–Kier alpha value is -1.16. The van der Waals surface area contributed by atoms with Gasteiger partial charge in [-0.1, -0.05) is 22.0 Å². The SMILES string of the molecule is COC(=O)Cc1c(C=O)ccc(Br)c1C. The molecular formula is C11H11BrO3. The second-order valence-electron chi connectivity index (χ2n) is 3.11. The van der Waals surface area contributed by atoms with Gasteiger partial charge in [-0.15, -0.1) is 0 Å². The smallest absolute Gasteiger partial charge is 0.310 e. The molecule has 0 amide bonds. The molecule has 1 aromatic rings. The zero-order chi connectivity index (χ0) is 11.4. The number of rotatable bonds is 3. The van der Waals surface area contributed by atoms with Crippen molar-refractivity contribution in [3.63, 3.8) is 0 Å². The quantitative estimate of drug-likeness (QED) is 0.625. The minimum Gasteiger partial charge on any atom is -0.469 e. The van der Waals surface area contributed by atoms with Crippen LogP contribution in [-0.4, -0.2) is 19.4 Å². The average molecular weight is 271 g/mol. The zero-order valence-electron chi connectivity index (χ0n) is 8.54. The number of hydrogen-bond donors (Lipinski definition) is 0. The number of benzene rings is 1. The first kappa shape index (κ1) is 11.9. The molecule has 3 nitrogen and oxygen atoms in total. The Morgan fingerprint density at radius 2 is 2.20 bits per heavy atom. The van der Waals surface area contributed by atoms with Gasteiger partial charge in [0, 0.05) is 10.0 Å². The van der Waals surface area contributed by atoms with Crippen molar-refractivity contribution < 1.29 is 14.3 Å². The van der Waals surface area contributed by atoms with Crippen molar-refractivity contribution in [1.82, 2.24) is 0 Å². The van der Waals surface area contributed by atoms with Crippen LogP contribution in [0.25, 0.3) is 0 Å². The Morgan fingerprint density at radius 1 is 1.53 bits per heavy atom. The maximum absolute atomic E-state index is 11.2. The molecule has 0 aliphatic rings. The average Bonchev–Trinajstić information content (AvgIpc) is 2.25. The van der Waals surface area contributed by atoms with Gasteiger partial charge in [0.2, 0.25) is 0 Å². The molecular weight excluding hydrogens is 260 g/mol. The van der Waals surface area contributed by atoms with Crippen molar-refractivity contribution in [2.24, 2.45) is 0 Å². The summed E-state index contributed by atoms with van der Waals surface area (Å²) in [4.78, 5) is 22.0. The normalized spacial score (nSPS) is 9.80. The van der Waals surface area contributed by atoms with E-state index in [4.69, 9.17) is 0 Å². The molecule has 0 unspecified atom stereocenters. The van der Waals surface area contributed by atoms with Crippen LogP contribution in [0.2, 0.25) is 0 Å². The molecule has 0 fully saturated rings. The molecule has 0 heterocycles. The molecule has 0 spiro atoms. The van der Waals surface area contributed by atoms with Crippen LogP contribution >= 0.6 is 15.9 Å². The molecule has 0 radical (unpaired) electrons. The van der Waals surface area contributed by atoms with Crippen molar-refractivity contribution in [2.75, 3.05) is 7.11 Å². The Labute approximate surface area is 96.6 Å². The van der Waals surface area contributed by atoms with Gasteiger partial charge in [0.05, 0.1) is 13.5 Å². The zero-order valence-corrected chi connectivity index (χ0v) is 10.1. The highest BCUT2D eigenvalue weighted by atomic mass is 79.9. The van der Waals surface area contributed by atoms with Gasteiger partial charge in [0.15, 0.2) is 0 Å². The first-order valence-electron chi connectivity index (χ1n) is 4.40. The van der Waals surface area contributed by atoms with E-state index in [0.717, 1.165) is 16.3 Å². The summed E-state index contributed by atoms with van der Waals surface area (Å²) in [5, 5.41) is 0. The molecule has 0 bridgehead atoms. The third-order valence-electron chi connectivity index (χ3n) is 2.24. The molecule has 4 heteroatoms. The van der Waals surface area contributed by atoms with Gasteiger partial charge < -0.3 is 4.74 Å². The lowest BCUT2D eigenvalue weighted by Crippen LogP contribution is -2.08. The molecule has 1 aromatic carbocycles. The topological polar surface area (TPSA) is 43.4 Å². The third-order valence-corrected chi connectivity index (χ3v) is 3.10. The largest absolute Gasteiger partial charge is 0.469 e. The van der Waals surface area contributed by atoms with Crippen molar-refractivity contribution in [3.8, 4) is 0 Å². The molecule has 15 heavy (non-hydrogen) atoms. The summed E-state index contributed by atoms with van der Waals surface area (Å²) in [5.41, 5.74) is 2.14. The van der Waals surface area contributed by atoms with E-state index in [2.05, 4.69) is 20.7 Å². The summed E-state index contributed by atoms with van der Waals surface area (Å²) < 4.78 is 5.46. The predicted molar refractivity (Wildman–Crippen MR) is 60.0 cm³/mol. The minimum atomic E-state index is -0.348. The number of esters is 1. The maximum Gasteiger partial charge on any atom is 0.310 e. The number of halogens is 1. The van der Waals surface area contributed by atoms with E-state index in [1.807, 2.05) is 6.92 Å². The lowest BCUT2D eigenvalue weighted by molar-refractivity contribution is -0.139. The summed E-state index contributed by atoms with van der Waals surface area (Å²) in [6, 6.07) is 3.47. The van der Waals surface area contributed by atoms with E-state index in [0.29, 0.717) is 11.1 Å². The number of aldehydes is 1. The monoisotopic (exact) mass is 270 g/mol. The first-order valence-corrected chi connectivity index (χ1v) is 5.19. The van der Waals surface area contributed by atoms with E-state index >= 15 is 0 Å². The summed E-state index contributed by atoms with van der Waals surface area (Å²) in [6.07, 6.45) is 0.869. The third kappa shape index (κ3) is 2.65. The van der Waals surface area contributed by atoms with E-state index in [9.17, 15) is 9.59 Å². The molecule has 0 aromatic heterocycles. The van der Waals surface area contributed by atoms with E-state index < -0.39 is 0 Å². The standard InChI is InChI=1S/C11H11BrO3/c1-7-9(5-11(14)15-2)8(6-13)3-4-10(7)12/h3-4,6H,5H2,1-2H3. The van der Waals surface area contributed by atoms with Crippen LogP contribution < -0.4 is 0 Å². The Balaban J connectivity index is 3.17. The van der Waals surface area contributed by atoms with Crippen molar-refractivity contribution in [2.45, 2.75) is 13.3 Å². The van der Waals surface area contributed by atoms with E-state index in [1.165, 1.54) is 7.11 Å². The Morgan fingerprint density at radius 3 is 2.73 bits per heavy atom. The second kappa shape index (κ2) is 5.07. The summed E-state index contributed by atoms with van der Waals surface area (Å²) in [5.74, 6) is -0.348. The number of hydrogen-bond acceptors (Lipinski definition) is 3. The highest BCUT2D eigenvalue weighted by molar-refractivity contribution is 9.10. The van der Waals surface area contributed by atoms with Crippen molar-refractivity contribution in [1.29, 1.82) is 0 Å². The van der Waals surface area contributed by atoms with Gasteiger partial charge in [-0.25, -0.2) is 0 Å². The van der Waals surface area contributed by atoms with Crippen LogP contribution in [0.4, 0.5) is 0 Å². The summed E-state index contributed by atoms with van der Waals surface area (Å²) in [7, 11) is 1.33. The van der Waals surface area contributed by atoms with Crippen LogP contribution in [0.1, 0.15) is 21.5 Å². The minimum absolute atomic E-state index is 0.121. The highest BCUT2D eigenvalue weighted by Crippen LogP contribution is 2.23. The van der Waals surface area contributed by atoms with Gasteiger partial charge in [0.25, 0.3) is 0 Å². The van der Waals surface area contributed by atoms with Crippen LogP contribution in [0, 0.1) is 6.92 Å². The van der Waals surface area contributed by atoms with Crippen molar-refractivity contribution >= 4 is 28.2 Å². The van der Waals surface area contributed by atoms with E-state index in [1.54, 1.807) is 12.1 Å². The molecule has 0 aliphatic heterocycles. The van der Waals surface area contributed by atoms with Crippen LogP contribution in [-0.2, 0) is 16.0 Å². The van der Waals surface area contributed by atoms with Gasteiger partial charge in [-0.05, 0) is 24.1 Å². The Bertz CT molecular complexity index is 399. The number of carbonyl (C=O) groups is 2. The number of ether oxygens (including phenoxy) is 1.